The predicted octanol–water partition coefficient (Wildman–Crippen LogP) is 0.663. The molecule has 0 aromatic heterocycles. The zero-order valence-corrected chi connectivity index (χ0v) is 5.81. The molecule has 11 heavy (non-hydrogen) atoms. The lowest BCUT2D eigenvalue weighted by Gasteiger charge is -2.15. The number of aliphatic carboxylic acids is 1. The van der Waals surface area contributed by atoms with Crippen LogP contribution >= 0.6 is 0 Å². The average Bonchev–Trinajstić information content (AvgIpc) is 2.10. The third-order valence-electron chi connectivity index (χ3n) is 1.79. The largest absolute Gasteiger partial charge is 0.481 e. The minimum atomic E-state index is -2.99. The van der Waals surface area contributed by atoms with E-state index in [1.54, 1.807) is 0 Å². The van der Waals surface area contributed by atoms with Crippen LogP contribution in [-0.2, 0) is 4.79 Å². The molecule has 0 aromatic rings. The number of carbonyl (C=O) groups is 1. The highest BCUT2D eigenvalue weighted by Crippen LogP contribution is 2.31. The van der Waals surface area contributed by atoms with E-state index in [0.717, 1.165) is 0 Å². The molecular formula is C6H9F2NO2. The van der Waals surface area contributed by atoms with Crippen molar-refractivity contribution in [1.29, 1.82) is 0 Å². The van der Waals surface area contributed by atoms with Gasteiger partial charge in [-0.15, -0.1) is 0 Å². The van der Waals surface area contributed by atoms with Crippen LogP contribution in [0.1, 0.15) is 12.8 Å². The summed E-state index contributed by atoms with van der Waals surface area (Å²) < 4.78 is 25.2. The van der Waals surface area contributed by atoms with Crippen LogP contribution < -0.4 is 5.32 Å². The first-order valence-corrected chi connectivity index (χ1v) is 3.37. The molecule has 0 bridgehead atoms. The minimum absolute atomic E-state index is 0.199. The standard InChI is InChI=1S/C6H9F2NO2/c7-6(8)4(1-2-9-6)3-5(10)11/h4,9H,1-3H2,(H,10,11). The number of carboxylic acid groups (broad SMARTS) is 1. The first-order chi connectivity index (χ1) is 5.02. The summed E-state index contributed by atoms with van der Waals surface area (Å²) in [6, 6.07) is -2.99. The van der Waals surface area contributed by atoms with Crippen LogP contribution in [0.5, 0.6) is 0 Å². The number of nitrogens with one attached hydrogen (secondary N) is 1. The van der Waals surface area contributed by atoms with Gasteiger partial charge in [-0.25, -0.2) is 0 Å². The second-order valence-corrected chi connectivity index (χ2v) is 2.63. The lowest BCUT2D eigenvalue weighted by Crippen LogP contribution is -2.35. The minimum Gasteiger partial charge on any atom is -0.481 e. The molecule has 1 unspecified atom stereocenters. The highest BCUT2D eigenvalue weighted by Gasteiger charge is 2.44. The van der Waals surface area contributed by atoms with E-state index in [1.807, 2.05) is 5.32 Å². The summed E-state index contributed by atoms with van der Waals surface area (Å²) >= 11 is 0. The third kappa shape index (κ3) is 1.86. The van der Waals surface area contributed by atoms with Crippen molar-refractivity contribution in [3.63, 3.8) is 0 Å². The number of hydrogen-bond donors (Lipinski definition) is 2. The van der Waals surface area contributed by atoms with Gasteiger partial charge in [0.25, 0.3) is 0 Å². The highest BCUT2D eigenvalue weighted by molar-refractivity contribution is 5.67. The fourth-order valence-corrected chi connectivity index (χ4v) is 1.18. The smallest absolute Gasteiger partial charge is 0.305 e. The van der Waals surface area contributed by atoms with Crippen LogP contribution in [-0.4, -0.2) is 23.7 Å². The lowest BCUT2D eigenvalue weighted by molar-refractivity contribution is -0.142. The lowest BCUT2D eigenvalue weighted by atomic mass is 10.0. The Morgan fingerprint density at radius 1 is 1.73 bits per heavy atom. The Hall–Kier alpha value is -0.710. The van der Waals surface area contributed by atoms with E-state index in [0.29, 0.717) is 0 Å². The first kappa shape index (κ1) is 8.39. The van der Waals surface area contributed by atoms with E-state index >= 15 is 0 Å². The van der Waals surface area contributed by atoms with E-state index in [4.69, 9.17) is 5.11 Å². The van der Waals surface area contributed by atoms with Crippen LogP contribution in [0, 0.1) is 5.92 Å². The van der Waals surface area contributed by atoms with Gasteiger partial charge in [0, 0.05) is 12.5 Å². The van der Waals surface area contributed by atoms with Crippen molar-refractivity contribution in [2.24, 2.45) is 5.92 Å². The van der Waals surface area contributed by atoms with Crippen LogP contribution in [0.4, 0.5) is 8.78 Å². The molecule has 1 aliphatic heterocycles. The average molecular weight is 165 g/mol. The Morgan fingerprint density at radius 2 is 2.36 bits per heavy atom. The fraction of sp³-hybridized carbons (Fsp3) is 0.833. The van der Waals surface area contributed by atoms with Crippen LogP contribution in [0.3, 0.4) is 0 Å². The number of rotatable bonds is 2. The van der Waals surface area contributed by atoms with E-state index in [9.17, 15) is 13.6 Å². The Labute approximate surface area is 62.4 Å². The molecule has 0 aliphatic carbocycles. The van der Waals surface area contributed by atoms with Crippen molar-refractivity contribution in [3.8, 4) is 0 Å². The summed E-state index contributed by atoms with van der Waals surface area (Å²) in [6.45, 7) is 0.199. The zero-order chi connectivity index (χ0) is 8.48. The molecule has 0 radical (unpaired) electrons. The summed E-state index contributed by atoms with van der Waals surface area (Å²) in [7, 11) is 0. The van der Waals surface area contributed by atoms with Crippen LogP contribution in [0.15, 0.2) is 0 Å². The fourth-order valence-electron chi connectivity index (χ4n) is 1.18. The monoisotopic (exact) mass is 165 g/mol. The van der Waals surface area contributed by atoms with E-state index in [1.165, 1.54) is 0 Å². The SMILES string of the molecule is O=C(O)CC1CCNC1(F)F. The summed E-state index contributed by atoms with van der Waals surface area (Å²) in [5, 5.41) is 10.2. The molecule has 1 saturated heterocycles. The molecule has 3 nitrogen and oxygen atoms in total. The van der Waals surface area contributed by atoms with Gasteiger partial charge in [-0.3, -0.25) is 10.1 Å². The van der Waals surface area contributed by atoms with Gasteiger partial charge in [-0.05, 0) is 6.42 Å². The Morgan fingerprint density at radius 3 is 2.73 bits per heavy atom. The Kier molecular flexibility index (Phi) is 2.08. The van der Waals surface area contributed by atoms with Gasteiger partial charge in [0.1, 0.15) is 0 Å². The van der Waals surface area contributed by atoms with Crippen molar-refractivity contribution in [2.45, 2.75) is 18.9 Å². The van der Waals surface area contributed by atoms with Gasteiger partial charge >= 0.3 is 12.0 Å². The maximum Gasteiger partial charge on any atom is 0.305 e. The Balaban J connectivity index is 2.51. The van der Waals surface area contributed by atoms with E-state index in [-0.39, 0.29) is 13.0 Å². The molecule has 0 amide bonds. The number of hydrogen-bond acceptors (Lipinski definition) is 2. The molecule has 0 spiro atoms. The molecule has 0 saturated carbocycles. The summed E-state index contributed by atoms with van der Waals surface area (Å²) in [5.74, 6) is -2.21. The highest BCUT2D eigenvalue weighted by atomic mass is 19.3. The number of carboxylic acids is 1. The maximum atomic E-state index is 12.6. The molecule has 5 heteroatoms. The number of alkyl halides is 2. The molecule has 64 valence electrons. The summed E-state index contributed by atoms with van der Waals surface area (Å²) in [5.41, 5.74) is 0. The maximum absolute atomic E-state index is 12.6. The van der Waals surface area contributed by atoms with Gasteiger partial charge in [0.05, 0.1) is 6.42 Å². The molecule has 2 N–H and O–H groups in total. The quantitative estimate of drug-likeness (QED) is 0.591. The van der Waals surface area contributed by atoms with E-state index in [2.05, 4.69) is 0 Å². The van der Waals surface area contributed by atoms with Crippen molar-refractivity contribution >= 4 is 5.97 Å². The summed E-state index contributed by atoms with van der Waals surface area (Å²) in [4.78, 5) is 10.1. The second kappa shape index (κ2) is 2.73. The molecule has 1 rings (SSSR count). The van der Waals surface area contributed by atoms with Gasteiger partial charge in [-0.1, -0.05) is 0 Å². The predicted molar refractivity (Wildman–Crippen MR) is 33.3 cm³/mol. The molecule has 1 atom stereocenters. The van der Waals surface area contributed by atoms with Gasteiger partial charge in [-0.2, -0.15) is 8.78 Å². The van der Waals surface area contributed by atoms with Gasteiger partial charge < -0.3 is 5.11 Å². The van der Waals surface area contributed by atoms with Crippen molar-refractivity contribution in [2.75, 3.05) is 6.54 Å². The molecule has 0 aromatic carbocycles. The van der Waals surface area contributed by atoms with Gasteiger partial charge in [0.15, 0.2) is 0 Å². The molecule has 1 heterocycles. The first-order valence-electron chi connectivity index (χ1n) is 3.37. The van der Waals surface area contributed by atoms with Crippen molar-refractivity contribution in [1.82, 2.24) is 5.32 Å². The summed E-state index contributed by atoms with van der Waals surface area (Å²) in [6.07, 6.45) is -0.223. The van der Waals surface area contributed by atoms with Crippen molar-refractivity contribution < 1.29 is 18.7 Å². The Bertz CT molecular complexity index is 172. The molecular weight excluding hydrogens is 156 g/mol. The third-order valence-corrected chi connectivity index (χ3v) is 1.79. The van der Waals surface area contributed by atoms with Crippen LogP contribution in [0.2, 0.25) is 0 Å². The number of halogens is 2. The molecule has 1 aliphatic rings. The van der Waals surface area contributed by atoms with Crippen molar-refractivity contribution in [3.05, 3.63) is 0 Å². The van der Waals surface area contributed by atoms with Crippen LogP contribution in [0.25, 0.3) is 0 Å². The zero-order valence-electron chi connectivity index (χ0n) is 5.81. The normalized spacial score (nSPS) is 28.7. The second-order valence-electron chi connectivity index (χ2n) is 2.63. The topological polar surface area (TPSA) is 49.3 Å². The van der Waals surface area contributed by atoms with E-state index < -0.39 is 24.4 Å². The van der Waals surface area contributed by atoms with Gasteiger partial charge in [0.2, 0.25) is 0 Å². The molecule has 1 fully saturated rings.